The first-order chi connectivity index (χ1) is 13.4. The second-order valence-electron chi connectivity index (χ2n) is 6.32. The summed E-state index contributed by atoms with van der Waals surface area (Å²) in [7, 11) is 1.87. The fourth-order valence-electron chi connectivity index (χ4n) is 2.63. The van der Waals surface area contributed by atoms with Crippen LogP contribution in [0, 0.1) is 6.92 Å². The number of aromatic nitrogens is 3. The highest BCUT2D eigenvalue weighted by atomic mass is 79.9. The number of ether oxygens (including phenoxy) is 1. The standard InChI is InChI=1S/C20H21BrN4O2S/c1-13-5-4-6-16(11-13)22-18(26)12-28-20-24-23-19(25(20)3)14(2)27-17-9-7-15(21)8-10-17/h4-11,14H,12H2,1-3H3,(H,22,26). The molecule has 3 aromatic rings. The summed E-state index contributed by atoms with van der Waals surface area (Å²) in [6.45, 7) is 3.91. The Labute approximate surface area is 176 Å². The number of aryl methyl sites for hydroxylation is 1. The molecular weight excluding hydrogens is 440 g/mol. The summed E-state index contributed by atoms with van der Waals surface area (Å²) < 4.78 is 8.78. The van der Waals surface area contributed by atoms with Crippen LogP contribution in [0.5, 0.6) is 5.75 Å². The molecule has 6 nitrogen and oxygen atoms in total. The molecule has 3 rings (SSSR count). The molecule has 1 heterocycles. The van der Waals surface area contributed by atoms with Gasteiger partial charge in [0.15, 0.2) is 17.1 Å². The third kappa shape index (κ3) is 5.36. The van der Waals surface area contributed by atoms with E-state index in [4.69, 9.17) is 4.74 Å². The van der Waals surface area contributed by atoms with Crippen molar-refractivity contribution in [3.8, 4) is 5.75 Å². The second-order valence-corrected chi connectivity index (χ2v) is 8.18. The number of nitrogens with zero attached hydrogens (tertiary/aromatic N) is 3. The van der Waals surface area contributed by atoms with Gasteiger partial charge in [0.2, 0.25) is 5.91 Å². The number of hydrogen-bond acceptors (Lipinski definition) is 5. The molecule has 1 atom stereocenters. The summed E-state index contributed by atoms with van der Waals surface area (Å²) in [5, 5.41) is 12.0. The van der Waals surface area contributed by atoms with Crippen LogP contribution in [-0.4, -0.2) is 26.4 Å². The maximum absolute atomic E-state index is 12.2. The van der Waals surface area contributed by atoms with E-state index in [-0.39, 0.29) is 17.8 Å². The summed E-state index contributed by atoms with van der Waals surface area (Å²) in [6.07, 6.45) is -0.269. The van der Waals surface area contributed by atoms with Crippen molar-refractivity contribution in [3.63, 3.8) is 0 Å². The van der Waals surface area contributed by atoms with Crippen molar-refractivity contribution in [2.24, 2.45) is 7.05 Å². The van der Waals surface area contributed by atoms with Gasteiger partial charge >= 0.3 is 0 Å². The van der Waals surface area contributed by atoms with Gasteiger partial charge in [-0.15, -0.1) is 10.2 Å². The number of carbonyl (C=O) groups is 1. The van der Waals surface area contributed by atoms with Crippen LogP contribution in [0.4, 0.5) is 5.69 Å². The zero-order valence-corrected chi connectivity index (χ0v) is 18.3. The third-order valence-electron chi connectivity index (χ3n) is 3.99. The molecule has 1 unspecified atom stereocenters. The largest absolute Gasteiger partial charge is 0.483 e. The van der Waals surface area contributed by atoms with Crippen LogP contribution < -0.4 is 10.1 Å². The van der Waals surface area contributed by atoms with E-state index < -0.39 is 0 Å². The fraction of sp³-hybridized carbons (Fsp3) is 0.250. The Bertz CT molecular complexity index is 959. The average Bonchev–Trinajstić information content (AvgIpc) is 3.02. The average molecular weight is 461 g/mol. The maximum Gasteiger partial charge on any atom is 0.234 e. The first-order valence-electron chi connectivity index (χ1n) is 8.73. The zero-order chi connectivity index (χ0) is 20.1. The lowest BCUT2D eigenvalue weighted by atomic mass is 10.2. The lowest BCUT2D eigenvalue weighted by Crippen LogP contribution is -2.15. The Kier molecular flexibility index (Phi) is 6.74. The summed E-state index contributed by atoms with van der Waals surface area (Å²) >= 11 is 4.75. The molecule has 0 saturated heterocycles. The molecule has 1 amide bonds. The van der Waals surface area contributed by atoms with E-state index in [0.29, 0.717) is 11.0 Å². The predicted octanol–water partition coefficient (Wildman–Crippen LogP) is 4.76. The molecule has 0 aliphatic rings. The third-order valence-corrected chi connectivity index (χ3v) is 5.54. The van der Waals surface area contributed by atoms with Gasteiger partial charge in [-0.2, -0.15) is 0 Å². The molecule has 0 aliphatic carbocycles. The topological polar surface area (TPSA) is 69.0 Å². The van der Waals surface area contributed by atoms with E-state index in [0.717, 1.165) is 21.5 Å². The summed E-state index contributed by atoms with van der Waals surface area (Å²) in [6, 6.07) is 15.3. The van der Waals surface area contributed by atoms with Gasteiger partial charge in [0.05, 0.1) is 5.75 Å². The SMILES string of the molecule is Cc1cccc(NC(=O)CSc2nnc(C(C)Oc3ccc(Br)cc3)n2C)c1. The molecule has 1 N–H and O–H groups in total. The summed E-state index contributed by atoms with van der Waals surface area (Å²) in [5.74, 6) is 1.62. The number of amides is 1. The van der Waals surface area contributed by atoms with E-state index in [2.05, 4.69) is 31.4 Å². The predicted molar refractivity (Wildman–Crippen MR) is 115 cm³/mol. The molecule has 0 spiro atoms. The Morgan fingerprint density at radius 2 is 2.00 bits per heavy atom. The van der Waals surface area contributed by atoms with Gasteiger partial charge in [0.25, 0.3) is 0 Å². The highest BCUT2D eigenvalue weighted by molar-refractivity contribution is 9.10. The molecule has 0 saturated carbocycles. The first kappa shape index (κ1) is 20.4. The van der Waals surface area contributed by atoms with Crippen LogP contribution >= 0.6 is 27.7 Å². The number of rotatable bonds is 7. The van der Waals surface area contributed by atoms with Gasteiger partial charge in [0.1, 0.15) is 5.75 Å². The molecule has 8 heteroatoms. The fourth-order valence-corrected chi connectivity index (χ4v) is 3.61. The molecule has 1 aromatic heterocycles. The smallest absolute Gasteiger partial charge is 0.234 e. The Balaban J connectivity index is 1.57. The van der Waals surface area contributed by atoms with Crippen LogP contribution in [0.2, 0.25) is 0 Å². The van der Waals surface area contributed by atoms with Gasteiger partial charge in [-0.25, -0.2) is 0 Å². The van der Waals surface area contributed by atoms with Gasteiger partial charge in [-0.1, -0.05) is 39.8 Å². The van der Waals surface area contributed by atoms with Gasteiger partial charge in [-0.3, -0.25) is 4.79 Å². The van der Waals surface area contributed by atoms with E-state index in [1.165, 1.54) is 11.8 Å². The number of halogens is 1. The monoisotopic (exact) mass is 460 g/mol. The van der Waals surface area contributed by atoms with Crippen molar-refractivity contribution in [2.75, 3.05) is 11.1 Å². The number of anilines is 1. The normalized spacial score (nSPS) is 11.9. The quantitative estimate of drug-likeness (QED) is 0.514. The molecule has 0 fully saturated rings. The Hall–Kier alpha value is -2.32. The number of benzene rings is 2. The van der Waals surface area contributed by atoms with Crippen LogP contribution in [0.3, 0.4) is 0 Å². The van der Waals surface area contributed by atoms with Crippen molar-refractivity contribution in [1.82, 2.24) is 14.8 Å². The van der Waals surface area contributed by atoms with Gasteiger partial charge in [0, 0.05) is 17.2 Å². The van der Waals surface area contributed by atoms with E-state index in [9.17, 15) is 4.79 Å². The van der Waals surface area contributed by atoms with Crippen LogP contribution in [-0.2, 0) is 11.8 Å². The van der Waals surface area contributed by atoms with Crippen LogP contribution in [0.25, 0.3) is 0 Å². The summed E-state index contributed by atoms with van der Waals surface area (Å²) in [5.41, 5.74) is 1.89. The molecule has 0 aliphatic heterocycles. The van der Waals surface area contributed by atoms with Crippen molar-refractivity contribution < 1.29 is 9.53 Å². The molecule has 2 aromatic carbocycles. The molecule has 0 bridgehead atoms. The Morgan fingerprint density at radius 1 is 1.25 bits per heavy atom. The molecule has 28 heavy (non-hydrogen) atoms. The number of hydrogen-bond donors (Lipinski definition) is 1. The highest BCUT2D eigenvalue weighted by Gasteiger charge is 2.18. The number of nitrogens with one attached hydrogen (secondary N) is 1. The number of thioether (sulfide) groups is 1. The van der Waals surface area contributed by atoms with Crippen LogP contribution in [0.15, 0.2) is 58.2 Å². The van der Waals surface area contributed by atoms with Crippen LogP contribution in [0.1, 0.15) is 24.4 Å². The van der Waals surface area contributed by atoms with Gasteiger partial charge in [-0.05, 0) is 55.8 Å². The lowest BCUT2D eigenvalue weighted by Gasteiger charge is -2.14. The minimum absolute atomic E-state index is 0.0840. The first-order valence-corrected chi connectivity index (χ1v) is 10.5. The van der Waals surface area contributed by atoms with E-state index in [1.54, 1.807) is 0 Å². The Morgan fingerprint density at radius 3 is 2.71 bits per heavy atom. The summed E-state index contributed by atoms with van der Waals surface area (Å²) in [4.78, 5) is 12.2. The molecular formula is C20H21BrN4O2S. The minimum atomic E-state index is -0.269. The van der Waals surface area contributed by atoms with E-state index in [1.807, 2.05) is 74.0 Å². The van der Waals surface area contributed by atoms with Crippen molar-refractivity contribution in [1.29, 1.82) is 0 Å². The molecule has 146 valence electrons. The lowest BCUT2D eigenvalue weighted by molar-refractivity contribution is -0.113. The molecule has 0 radical (unpaired) electrons. The van der Waals surface area contributed by atoms with Gasteiger partial charge < -0.3 is 14.6 Å². The second kappa shape index (κ2) is 9.25. The number of carbonyl (C=O) groups excluding carboxylic acids is 1. The van der Waals surface area contributed by atoms with Crippen molar-refractivity contribution in [2.45, 2.75) is 25.1 Å². The van der Waals surface area contributed by atoms with Crippen molar-refractivity contribution >= 4 is 39.3 Å². The zero-order valence-electron chi connectivity index (χ0n) is 15.8. The maximum atomic E-state index is 12.2. The highest BCUT2D eigenvalue weighted by Crippen LogP contribution is 2.25. The van der Waals surface area contributed by atoms with Crippen molar-refractivity contribution in [3.05, 3.63) is 64.4 Å². The van der Waals surface area contributed by atoms with E-state index >= 15 is 0 Å². The minimum Gasteiger partial charge on any atom is -0.483 e.